The van der Waals surface area contributed by atoms with Crippen molar-refractivity contribution in [1.82, 2.24) is 15.3 Å². The van der Waals surface area contributed by atoms with Gasteiger partial charge in [-0.3, -0.25) is 4.79 Å². The van der Waals surface area contributed by atoms with Crippen molar-refractivity contribution in [3.63, 3.8) is 0 Å². The van der Waals surface area contributed by atoms with Crippen molar-refractivity contribution in [2.24, 2.45) is 0 Å². The smallest absolute Gasteiger partial charge is 0.223 e. The van der Waals surface area contributed by atoms with Crippen LogP contribution in [0.1, 0.15) is 44.0 Å². The summed E-state index contributed by atoms with van der Waals surface area (Å²) < 4.78 is 0. The van der Waals surface area contributed by atoms with E-state index < -0.39 is 0 Å². The number of rotatable bonds is 4. The number of anilines is 1. The number of hydrogen-bond donors (Lipinski definition) is 2. The first-order chi connectivity index (χ1) is 8.54. The van der Waals surface area contributed by atoms with Crippen LogP contribution in [0.5, 0.6) is 0 Å². The minimum atomic E-state index is 0.134. The normalized spacial score (nSPS) is 19.1. The Kier molecular flexibility index (Phi) is 3.79. The van der Waals surface area contributed by atoms with Gasteiger partial charge in [-0.2, -0.15) is 0 Å². The third-order valence-corrected chi connectivity index (χ3v) is 3.06. The van der Waals surface area contributed by atoms with Crippen LogP contribution in [0.4, 0.5) is 5.95 Å². The molecule has 2 N–H and O–H groups in total. The zero-order chi connectivity index (χ0) is 13.1. The molecule has 5 nitrogen and oxygen atoms in total. The molecule has 5 heteroatoms. The number of hydrogen-bond acceptors (Lipinski definition) is 4. The lowest BCUT2D eigenvalue weighted by Gasteiger charge is -2.13. The zero-order valence-corrected chi connectivity index (χ0v) is 11.2. The number of nitrogens with zero attached hydrogens (tertiary/aromatic N) is 2. The maximum absolute atomic E-state index is 11.1. The molecule has 0 aliphatic carbocycles. The second-order valence-electron chi connectivity index (χ2n) is 5.10. The molecule has 1 atom stereocenters. The Morgan fingerprint density at radius 2 is 2.28 bits per heavy atom. The van der Waals surface area contributed by atoms with Crippen LogP contribution in [0.15, 0.2) is 6.07 Å². The van der Waals surface area contributed by atoms with Crippen LogP contribution < -0.4 is 10.6 Å². The molecule has 1 aliphatic heterocycles. The predicted octanol–water partition coefficient (Wildman–Crippen LogP) is 1.60. The molecular weight excluding hydrogens is 228 g/mol. The second kappa shape index (κ2) is 5.33. The van der Waals surface area contributed by atoms with Gasteiger partial charge in [0, 0.05) is 30.4 Å². The molecule has 18 heavy (non-hydrogen) atoms. The van der Waals surface area contributed by atoms with Crippen molar-refractivity contribution in [2.75, 3.05) is 11.9 Å². The van der Waals surface area contributed by atoms with E-state index in [2.05, 4.69) is 34.4 Å². The zero-order valence-electron chi connectivity index (χ0n) is 11.2. The lowest BCUT2D eigenvalue weighted by Crippen LogP contribution is -2.32. The molecule has 1 unspecified atom stereocenters. The van der Waals surface area contributed by atoms with Gasteiger partial charge in [-0.25, -0.2) is 9.97 Å². The molecular formula is C13H20N4O. The van der Waals surface area contributed by atoms with Crippen LogP contribution >= 0.6 is 0 Å². The van der Waals surface area contributed by atoms with Crippen LogP contribution in [0.3, 0.4) is 0 Å². The maximum Gasteiger partial charge on any atom is 0.223 e. The maximum atomic E-state index is 11.1. The number of aromatic nitrogens is 2. The number of carbonyl (C=O) groups is 1. The second-order valence-corrected chi connectivity index (χ2v) is 5.10. The molecule has 1 fully saturated rings. The van der Waals surface area contributed by atoms with Gasteiger partial charge < -0.3 is 10.6 Å². The molecule has 1 aliphatic rings. The summed E-state index contributed by atoms with van der Waals surface area (Å²) in [6.07, 6.45) is 1.51. The average molecular weight is 248 g/mol. The summed E-state index contributed by atoms with van der Waals surface area (Å²) in [6.45, 7) is 6.88. The average Bonchev–Trinajstić information content (AvgIpc) is 2.72. The highest BCUT2D eigenvalue weighted by molar-refractivity contribution is 5.78. The summed E-state index contributed by atoms with van der Waals surface area (Å²) in [5.41, 5.74) is 2.01. The highest BCUT2D eigenvalue weighted by Gasteiger charge is 2.20. The van der Waals surface area contributed by atoms with Gasteiger partial charge in [0.2, 0.25) is 11.9 Å². The number of aryl methyl sites for hydroxylation is 1. The fourth-order valence-electron chi connectivity index (χ4n) is 2.01. The Labute approximate surface area is 107 Å². The highest BCUT2D eigenvalue weighted by atomic mass is 16.1. The number of amides is 1. The summed E-state index contributed by atoms with van der Waals surface area (Å²) in [5, 5.41) is 6.13. The van der Waals surface area contributed by atoms with Crippen molar-refractivity contribution in [3.8, 4) is 0 Å². The molecule has 98 valence electrons. The van der Waals surface area contributed by atoms with Crippen LogP contribution in [-0.4, -0.2) is 28.5 Å². The van der Waals surface area contributed by atoms with Gasteiger partial charge in [0.15, 0.2) is 0 Å². The minimum Gasteiger partial charge on any atom is -0.352 e. The first kappa shape index (κ1) is 12.8. The predicted molar refractivity (Wildman–Crippen MR) is 70.5 cm³/mol. The highest BCUT2D eigenvalue weighted by Crippen LogP contribution is 2.15. The van der Waals surface area contributed by atoms with E-state index in [1.807, 2.05) is 13.0 Å². The van der Waals surface area contributed by atoms with Gasteiger partial charge in [-0.05, 0) is 25.3 Å². The topological polar surface area (TPSA) is 66.9 Å². The molecule has 0 spiro atoms. The van der Waals surface area contributed by atoms with E-state index in [-0.39, 0.29) is 11.9 Å². The fraction of sp³-hybridized carbons (Fsp3) is 0.615. The lowest BCUT2D eigenvalue weighted by molar-refractivity contribution is -0.119. The fourth-order valence-corrected chi connectivity index (χ4v) is 2.01. The van der Waals surface area contributed by atoms with Gasteiger partial charge >= 0.3 is 0 Å². The summed E-state index contributed by atoms with van der Waals surface area (Å²) in [5.74, 6) is 1.17. The molecule has 0 saturated carbocycles. The van der Waals surface area contributed by atoms with Crippen LogP contribution in [-0.2, 0) is 4.79 Å². The molecule has 0 radical (unpaired) electrons. The Hall–Kier alpha value is -1.65. The van der Waals surface area contributed by atoms with Gasteiger partial charge in [-0.15, -0.1) is 0 Å². The summed E-state index contributed by atoms with van der Waals surface area (Å²) in [6, 6.07) is 2.21. The van der Waals surface area contributed by atoms with Crippen molar-refractivity contribution in [2.45, 2.75) is 45.6 Å². The largest absolute Gasteiger partial charge is 0.352 e. The molecule has 2 rings (SSSR count). The molecule has 2 heterocycles. The third kappa shape index (κ3) is 3.18. The molecule has 0 bridgehead atoms. The van der Waals surface area contributed by atoms with E-state index in [0.717, 1.165) is 17.8 Å². The van der Waals surface area contributed by atoms with Crippen molar-refractivity contribution in [1.29, 1.82) is 0 Å². The van der Waals surface area contributed by atoms with Gasteiger partial charge in [-0.1, -0.05) is 13.8 Å². The van der Waals surface area contributed by atoms with E-state index in [1.165, 1.54) is 0 Å². The van der Waals surface area contributed by atoms with Crippen LogP contribution in [0, 0.1) is 6.92 Å². The molecule has 1 aromatic heterocycles. The summed E-state index contributed by atoms with van der Waals surface area (Å²) in [4.78, 5) is 19.9. The van der Waals surface area contributed by atoms with E-state index in [1.54, 1.807) is 0 Å². The van der Waals surface area contributed by atoms with E-state index in [0.29, 0.717) is 24.8 Å². The van der Waals surface area contributed by atoms with E-state index >= 15 is 0 Å². The van der Waals surface area contributed by atoms with Crippen molar-refractivity contribution in [3.05, 3.63) is 17.5 Å². The summed E-state index contributed by atoms with van der Waals surface area (Å²) >= 11 is 0. The van der Waals surface area contributed by atoms with Crippen LogP contribution in [0.25, 0.3) is 0 Å². The van der Waals surface area contributed by atoms with Gasteiger partial charge in [0.1, 0.15) is 0 Å². The third-order valence-electron chi connectivity index (χ3n) is 3.06. The minimum absolute atomic E-state index is 0.134. The van der Waals surface area contributed by atoms with E-state index in [9.17, 15) is 4.79 Å². The van der Waals surface area contributed by atoms with Crippen molar-refractivity contribution < 1.29 is 4.79 Å². The first-order valence-electron chi connectivity index (χ1n) is 6.43. The van der Waals surface area contributed by atoms with Crippen molar-refractivity contribution >= 4 is 11.9 Å². The molecule has 1 saturated heterocycles. The molecule has 0 aromatic carbocycles. The Morgan fingerprint density at radius 3 is 2.89 bits per heavy atom. The standard InChI is InChI=1S/C13H20N4O/c1-8(2)11-6-9(3)15-13(17-11)14-7-10-4-5-12(18)16-10/h6,8,10H,4-5,7H2,1-3H3,(H,16,18)(H,14,15,17). The number of nitrogens with one attached hydrogen (secondary N) is 2. The first-order valence-corrected chi connectivity index (χ1v) is 6.43. The van der Waals surface area contributed by atoms with Gasteiger partial charge in [0.25, 0.3) is 0 Å². The quantitative estimate of drug-likeness (QED) is 0.849. The lowest BCUT2D eigenvalue weighted by atomic mass is 10.1. The van der Waals surface area contributed by atoms with Gasteiger partial charge in [0.05, 0.1) is 0 Å². The molecule has 1 aromatic rings. The number of carbonyl (C=O) groups excluding carboxylic acids is 1. The summed E-state index contributed by atoms with van der Waals surface area (Å²) in [7, 11) is 0. The monoisotopic (exact) mass is 248 g/mol. The Balaban J connectivity index is 1.98. The SMILES string of the molecule is Cc1cc(C(C)C)nc(NCC2CCC(=O)N2)n1. The Bertz CT molecular complexity index is 445. The Morgan fingerprint density at radius 1 is 1.50 bits per heavy atom. The van der Waals surface area contributed by atoms with Crippen LogP contribution in [0.2, 0.25) is 0 Å². The molecule has 1 amide bonds. The van der Waals surface area contributed by atoms with E-state index in [4.69, 9.17) is 0 Å².